The summed E-state index contributed by atoms with van der Waals surface area (Å²) in [5, 5.41) is 1.69. The second-order valence-corrected chi connectivity index (χ2v) is 10.6. The molecular formula is C18H21BrN4O3S2. The highest BCUT2D eigenvalue weighted by atomic mass is 79.9. The highest BCUT2D eigenvalue weighted by Crippen LogP contribution is 2.29. The van der Waals surface area contributed by atoms with Crippen LogP contribution in [0.15, 0.2) is 39.1 Å². The van der Waals surface area contributed by atoms with Crippen molar-refractivity contribution in [2.24, 2.45) is 0 Å². The molecule has 2 aliphatic heterocycles. The van der Waals surface area contributed by atoms with Crippen molar-refractivity contribution in [1.82, 2.24) is 14.2 Å². The van der Waals surface area contributed by atoms with Gasteiger partial charge >= 0.3 is 0 Å². The molecule has 0 aliphatic carbocycles. The van der Waals surface area contributed by atoms with Crippen LogP contribution in [0.25, 0.3) is 0 Å². The molecule has 0 N–H and O–H groups in total. The van der Waals surface area contributed by atoms with Crippen molar-refractivity contribution in [2.75, 3.05) is 44.2 Å². The highest BCUT2D eigenvalue weighted by molar-refractivity contribution is 9.10. The Kier molecular flexibility index (Phi) is 5.73. The van der Waals surface area contributed by atoms with Crippen LogP contribution < -0.4 is 4.90 Å². The van der Waals surface area contributed by atoms with Crippen molar-refractivity contribution >= 4 is 49.0 Å². The molecule has 2 aromatic rings. The van der Waals surface area contributed by atoms with E-state index < -0.39 is 10.0 Å². The van der Waals surface area contributed by atoms with Gasteiger partial charge in [-0.15, -0.1) is 11.3 Å². The minimum atomic E-state index is -3.60. The molecule has 10 heteroatoms. The van der Waals surface area contributed by atoms with Gasteiger partial charge in [-0.25, -0.2) is 13.4 Å². The van der Waals surface area contributed by atoms with E-state index in [1.54, 1.807) is 22.5 Å². The third-order valence-electron chi connectivity index (χ3n) is 5.11. The molecule has 150 valence electrons. The van der Waals surface area contributed by atoms with Crippen LogP contribution in [0.3, 0.4) is 0 Å². The molecule has 0 radical (unpaired) electrons. The van der Waals surface area contributed by atoms with E-state index in [0.29, 0.717) is 44.1 Å². The standard InChI is InChI=1S/C18H21BrN4O3S2/c19-14-3-4-16(20-13-14)21-8-10-22(11-9-21)18(24)17-15(5-12-27-17)28(25,26)23-6-1-2-7-23/h3-5,12-13H,1-2,6-11H2. The number of aromatic nitrogens is 1. The van der Waals surface area contributed by atoms with E-state index in [9.17, 15) is 13.2 Å². The van der Waals surface area contributed by atoms with Crippen LogP contribution in [0, 0.1) is 0 Å². The zero-order valence-corrected chi connectivity index (χ0v) is 18.5. The number of hydrogen-bond donors (Lipinski definition) is 0. The van der Waals surface area contributed by atoms with E-state index in [2.05, 4.69) is 25.8 Å². The summed E-state index contributed by atoms with van der Waals surface area (Å²) in [7, 11) is -3.60. The van der Waals surface area contributed by atoms with Crippen LogP contribution in [0.5, 0.6) is 0 Å². The summed E-state index contributed by atoms with van der Waals surface area (Å²) < 4.78 is 28.2. The van der Waals surface area contributed by atoms with Crippen molar-refractivity contribution < 1.29 is 13.2 Å². The molecule has 0 spiro atoms. The Labute approximate surface area is 177 Å². The number of nitrogens with zero attached hydrogens (tertiary/aromatic N) is 4. The second-order valence-electron chi connectivity index (χ2n) is 6.84. The molecule has 0 atom stereocenters. The first-order valence-corrected chi connectivity index (χ1v) is 12.3. The second kappa shape index (κ2) is 8.10. The molecule has 2 aromatic heterocycles. The summed E-state index contributed by atoms with van der Waals surface area (Å²) in [5.74, 6) is 0.680. The van der Waals surface area contributed by atoms with Crippen LogP contribution >= 0.6 is 27.3 Å². The van der Waals surface area contributed by atoms with Gasteiger partial charge in [0.2, 0.25) is 10.0 Å². The van der Waals surface area contributed by atoms with Gasteiger partial charge in [0.15, 0.2) is 0 Å². The highest BCUT2D eigenvalue weighted by Gasteiger charge is 2.34. The number of carbonyl (C=O) groups excluding carboxylic acids is 1. The third kappa shape index (κ3) is 3.83. The summed E-state index contributed by atoms with van der Waals surface area (Å²) in [6.45, 7) is 3.48. The van der Waals surface area contributed by atoms with Gasteiger partial charge in [-0.05, 0) is 52.4 Å². The minimum Gasteiger partial charge on any atom is -0.353 e. The topological polar surface area (TPSA) is 73.8 Å². The van der Waals surface area contributed by atoms with Gasteiger partial charge in [-0.2, -0.15) is 4.31 Å². The predicted molar refractivity (Wildman–Crippen MR) is 112 cm³/mol. The lowest BCUT2D eigenvalue weighted by Crippen LogP contribution is -2.49. The minimum absolute atomic E-state index is 0.154. The Bertz CT molecular complexity index is 947. The number of thiophene rings is 1. The Morgan fingerprint density at radius 2 is 1.75 bits per heavy atom. The lowest BCUT2D eigenvalue weighted by Gasteiger charge is -2.35. The molecule has 2 aliphatic rings. The number of sulfonamides is 1. The molecule has 2 saturated heterocycles. The normalized spacial score (nSPS) is 18.6. The number of anilines is 1. The quantitative estimate of drug-likeness (QED) is 0.666. The Balaban J connectivity index is 1.46. The van der Waals surface area contributed by atoms with Crippen LogP contribution in [-0.4, -0.2) is 67.8 Å². The molecule has 28 heavy (non-hydrogen) atoms. The average molecular weight is 485 g/mol. The molecule has 0 aromatic carbocycles. The summed E-state index contributed by atoms with van der Waals surface area (Å²) in [6.07, 6.45) is 3.51. The Morgan fingerprint density at radius 3 is 2.39 bits per heavy atom. The van der Waals surface area contributed by atoms with Gasteiger partial charge in [0.1, 0.15) is 15.6 Å². The summed E-state index contributed by atoms with van der Waals surface area (Å²) in [4.78, 5) is 21.8. The number of pyridine rings is 1. The molecular weight excluding hydrogens is 464 g/mol. The van der Waals surface area contributed by atoms with Crippen molar-refractivity contribution in [1.29, 1.82) is 0 Å². The number of rotatable bonds is 4. The number of piperazine rings is 1. The Hall–Kier alpha value is -1.49. The van der Waals surface area contributed by atoms with Crippen molar-refractivity contribution in [3.05, 3.63) is 39.1 Å². The Morgan fingerprint density at radius 1 is 1.04 bits per heavy atom. The first-order chi connectivity index (χ1) is 13.5. The number of amides is 1. The molecule has 4 rings (SSSR count). The molecule has 2 fully saturated rings. The number of halogens is 1. The molecule has 0 unspecified atom stereocenters. The van der Waals surface area contributed by atoms with E-state index in [0.717, 1.165) is 23.1 Å². The number of carbonyl (C=O) groups is 1. The van der Waals surface area contributed by atoms with E-state index >= 15 is 0 Å². The maximum atomic E-state index is 13.0. The average Bonchev–Trinajstić information content (AvgIpc) is 3.41. The van der Waals surface area contributed by atoms with Gasteiger partial charge in [-0.3, -0.25) is 4.79 Å². The first-order valence-electron chi connectivity index (χ1n) is 9.20. The summed E-state index contributed by atoms with van der Waals surface area (Å²) >= 11 is 4.59. The zero-order chi connectivity index (χ0) is 19.7. The van der Waals surface area contributed by atoms with Gasteiger partial charge < -0.3 is 9.80 Å². The lowest BCUT2D eigenvalue weighted by atomic mass is 10.3. The maximum Gasteiger partial charge on any atom is 0.265 e. The fourth-order valence-electron chi connectivity index (χ4n) is 3.56. The van der Waals surface area contributed by atoms with Crippen LogP contribution in [0.2, 0.25) is 0 Å². The smallest absolute Gasteiger partial charge is 0.265 e. The van der Waals surface area contributed by atoms with E-state index in [1.807, 2.05) is 12.1 Å². The van der Waals surface area contributed by atoms with Crippen LogP contribution in [0.4, 0.5) is 5.82 Å². The van der Waals surface area contributed by atoms with Gasteiger partial charge in [0.05, 0.1) is 0 Å². The molecule has 0 bridgehead atoms. The van der Waals surface area contributed by atoms with E-state index in [-0.39, 0.29) is 10.8 Å². The fraction of sp³-hybridized carbons (Fsp3) is 0.444. The van der Waals surface area contributed by atoms with Gasteiger partial charge in [0.25, 0.3) is 5.91 Å². The predicted octanol–water partition coefficient (Wildman–Crippen LogP) is 2.65. The number of hydrogen-bond acceptors (Lipinski definition) is 6. The van der Waals surface area contributed by atoms with Crippen LogP contribution in [-0.2, 0) is 10.0 Å². The third-order valence-corrected chi connectivity index (χ3v) is 8.55. The molecule has 4 heterocycles. The van der Waals surface area contributed by atoms with E-state index in [4.69, 9.17) is 0 Å². The first kappa shape index (κ1) is 19.8. The van der Waals surface area contributed by atoms with Gasteiger partial charge in [0, 0.05) is 49.9 Å². The molecule has 7 nitrogen and oxygen atoms in total. The van der Waals surface area contributed by atoms with E-state index in [1.165, 1.54) is 15.6 Å². The molecule has 0 saturated carbocycles. The zero-order valence-electron chi connectivity index (χ0n) is 15.3. The van der Waals surface area contributed by atoms with Crippen molar-refractivity contribution in [2.45, 2.75) is 17.7 Å². The largest absolute Gasteiger partial charge is 0.353 e. The van der Waals surface area contributed by atoms with Crippen molar-refractivity contribution in [3.8, 4) is 0 Å². The molecule has 1 amide bonds. The lowest BCUT2D eigenvalue weighted by molar-refractivity contribution is 0.0747. The van der Waals surface area contributed by atoms with Gasteiger partial charge in [-0.1, -0.05) is 0 Å². The monoisotopic (exact) mass is 484 g/mol. The summed E-state index contributed by atoms with van der Waals surface area (Å²) in [6, 6.07) is 5.45. The SMILES string of the molecule is O=C(c1sccc1S(=O)(=O)N1CCCC1)N1CCN(c2ccc(Br)cn2)CC1. The van der Waals surface area contributed by atoms with Crippen LogP contribution in [0.1, 0.15) is 22.5 Å². The maximum absolute atomic E-state index is 13.0. The fourth-order valence-corrected chi connectivity index (χ4v) is 6.68. The summed E-state index contributed by atoms with van der Waals surface area (Å²) in [5.41, 5.74) is 0. The van der Waals surface area contributed by atoms with Crippen molar-refractivity contribution in [3.63, 3.8) is 0 Å².